The third-order valence-corrected chi connectivity index (χ3v) is 3.51. The molecule has 5 heteroatoms. The van der Waals surface area contributed by atoms with Crippen LogP contribution in [-0.4, -0.2) is 16.2 Å². The molecule has 0 atom stereocenters. The molecule has 0 aliphatic heterocycles. The van der Waals surface area contributed by atoms with E-state index in [0.717, 1.165) is 9.79 Å². The lowest BCUT2D eigenvalue weighted by Gasteiger charge is -2.06. The second kappa shape index (κ2) is 5.67. The highest BCUT2D eigenvalue weighted by molar-refractivity contribution is 7.99. The van der Waals surface area contributed by atoms with E-state index in [1.54, 1.807) is 24.3 Å². The molecule has 4 N–H and O–H groups in total. The van der Waals surface area contributed by atoms with Gasteiger partial charge in [0.15, 0.2) is 0 Å². The highest BCUT2D eigenvalue weighted by Gasteiger charge is 2.08. The van der Waals surface area contributed by atoms with Crippen LogP contribution in [0.5, 0.6) is 5.75 Å². The zero-order valence-corrected chi connectivity index (χ0v) is 10.9. The summed E-state index contributed by atoms with van der Waals surface area (Å²) >= 11 is 1.49. The Hall–Kier alpha value is -2.14. The van der Waals surface area contributed by atoms with Crippen molar-refractivity contribution in [2.45, 2.75) is 16.2 Å². The Labute approximate surface area is 114 Å². The molecule has 4 nitrogen and oxygen atoms in total. The van der Waals surface area contributed by atoms with Crippen LogP contribution in [0.25, 0.3) is 0 Å². The van der Waals surface area contributed by atoms with E-state index < -0.39 is 5.97 Å². The van der Waals surface area contributed by atoms with Crippen LogP contribution >= 0.6 is 11.8 Å². The molecule has 2 rings (SSSR count). The fourth-order valence-electron chi connectivity index (χ4n) is 1.60. The Kier molecular flexibility index (Phi) is 3.97. The van der Waals surface area contributed by atoms with Crippen molar-refractivity contribution < 1.29 is 15.0 Å². The molecule has 0 saturated heterocycles. The summed E-state index contributed by atoms with van der Waals surface area (Å²) in [5.41, 5.74) is 6.72. The van der Waals surface area contributed by atoms with Gasteiger partial charge in [0.2, 0.25) is 0 Å². The number of aromatic hydroxyl groups is 1. The first-order valence-corrected chi connectivity index (χ1v) is 6.43. The van der Waals surface area contributed by atoms with Gasteiger partial charge in [-0.15, -0.1) is 0 Å². The molecular formula is C14H13NO3S. The van der Waals surface area contributed by atoms with Gasteiger partial charge in [-0.05, 0) is 42.5 Å². The first-order valence-electron chi connectivity index (χ1n) is 5.61. The molecule has 0 radical (unpaired) electrons. The zero-order chi connectivity index (χ0) is 13.8. The summed E-state index contributed by atoms with van der Waals surface area (Å²) in [4.78, 5) is 12.6. The summed E-state index contributed by atoms with van der Waals surface area (Å²) in [5.74, 6) is -0.964. The SMILES string of the molecule is Nc1ccc(Sc2ccc(O)c(CC(=O)O)c2)cc1. The molecule has 0 amide bonds. The van der Waals surface area contributed by atoms with Crippen LogP contribution < -0.4 is 5.73 Å². The van der Waals surface area contributed by atoms with E-state index in [9.17, 15) is 9.90 Å². The summed E-state index contributed by atoms with van der Waals surface area (Å²) in [7, 11) is 0. The number of phenols is 1. The molecule has 0 bridgehead atoms. The molecule has 0 spiro atoms. The molecule has 0 aliphatic carbocycles. The van der Waals surface area contributed by atoms with Crippen molar-refractivity contribution in [1.29, 1.82) is 0 Å². The van der Waals surface area contributed by atoms with Gasteiger partial charge in [0.1, 0.15) is 5.75 Å². The van der Waals surface area contributed by atoms with Gasteiger partial charge in [-0.3, -0.25) is 4.79 Å². The van der Waals surface area contributed by atoms with Crippen molar-refractivity contribution in [3.63, 3.8) is 0 Å². The minimum Gasteiger partial charge on any atom is -0.508 e. The number of benzene rings is 2. The van der Waals surface area contributed by atoms with Crippen molar-refractivity contribution in [3.05, 3.63) is 48.0 Å². The zero-order valence-electron chi connectivity index (χ0n) is 10.0. The van der Waals surface area contributed by atoms with Crippen molar-refractivity contribution in [1.82, 2.24) is 0 Å². The van der Waals surface area contributed by atoms with Gasteiger partial charge in [0.25, 0.3) is 0 Å². The Morgan fingerprint density at radius 2 is 1.74 bits per heavy atom. The van der Waals surface area contributed by atoms with Crippen LogP contribution in [-0.2, 0) is 11.2 Å². The third kappa shape index (κ3) is 3.66. The highest BCUT2D eigenvalue weighted by Crippen LogP contribution is 2.31. The first kappa shape index (κ1) is 13.3. The van der Waals surface area contributed by atoms with E-state index in [1.165, 1.54) is 17.8 Å². The average molecular weight is 275 g/mol. The van der Waals surface area contributed by atoms with Crippen molar-refractivity contribution in [2.75, 3.05) is 5.73 Å². The summed E-state index contributed by atoms with van der Waals surface area (Å²) in [6.45, 7) is 0. The van der Waals surface area contributed by atoms with Gasteiger partial charge >= 0.3 is 5.97 Å². The number of phenolic OH excluding ortho intramolecular Hbond substituents is 1. The van der Waals surface area contributed by atoms with Crippen LogP contribution in [0, 0.1) is 0 Å². The fraction of sp³-hybridized carbons (Fsp3) is 0.0714. The number of carboxylic acid groups (broad SMARTS) is 1. The third-order valence-electron chi connectivity index (χ3n) is 2.51. The number of nitrogens with two attached hydrogens (primary N) is 1. The summed E-state index contributed by atoms with van der Waals surface area (Å²) < 4.78 is 0. The summed E-state index contributed by atoms with van der Waals surface area (Å²) in [6, 6.07) is 12.3. The number of anilines is 1. The Bertz CT molecular complexity index is 596. The minimum absolute atomic E-state index is 0.00376. The topological polar surface area (TPSA) is 83.5 Å². The molecular weight excluding hydrogens is 262 g/mol. The maximum Gasteiger partial charge on any atom is 0.307 e. The number of carboxylic acids is 1. The molecule has 19 heavy (non-hydrogen) atoms. The van der Waals surface area contributed by atoms with E-state index in [1.807, 2.05) is 12.1 Å². The second-order valence-corrected chi connectivity index (χ2v) is 5.18. The van der Waals surface area contributed by atoms with Crippen molar-refractivity contribution in [2.24, 2.45) is 0 Å². The number of carbonyl (C=O) groups is 1. The predicted octanol–water partition coefficient (Wildman–Crippen LogP) is 2.75. The van der Waals surface area contributed by atoms with Crippen LogP contribution in [0.4, 0.5) is 5.69 Å². The van der Waals surface area contributed by atoms with Crippen LogP contribution in [0.2, 0.25) is 0 Å². The maximum absolute atomic E-state index is 10.7. The predicted molar refractivity (Wildman–Crippen MR) is 74.4 cm³/mol. The van der Waals surface area contributed by atoms with Crippen LogP contribution in [0.3, 0.4) is 0 Å². The van der Waals surface area contributed by atoms with Crippen molar-refractivity contribution >= 4 is 23.4 Å². The van der Waals surface area contributed by atoms with Crippen LogP contribution in [0.15, 0.2) is 52.3 Å². The Morgan fingerprint density at radius 1 is 1.11 bits per heavy atom. The molecule has 0 heterocycles. The van der Waals surface area contributed by atoms with Crippen molar-refractivity contribution in [3.8, 4) is 5.75 Å². The number of rotatable bonds is 4. The maximum atomic E-state index is 10.7. The number of hydrogen-bond donors (Lipinski definition) is 3. The van der Waals surface area contributed by atoms with E-state index in [4.69, 9.17) is 10.8 Å². The lowest BCUT2D eigenvalue weighted by Crippen LogP contribution is -2.00. The van der Waals surface area contributed by atoms with E-state index >= 15 is 0 Å². The molecule has 0 aliphatic rings. The molecule has 0 unspecified atom stereocenters. The quantitative estimate of drug-likeness (QED) is 0.747. The van der Waals surface area contributed by atoms with Gasteiger partial charge in [-0.2, -0.15) is 0 Å². The molecule has 0 aromatic heterocycles. The molecule has 98 valence electrons. The number of aliphatic carboxylic acids is 1. The standard InChI is InChI=1S/C14H13NO3S/c15-10-1-3-11(4-2-10)19-12-5-6-13(16)9(7-12)8-14(17)18/h1-7,16H,8,15H2,(H,17,18). The second-order valence-electron chi connectivity index (χ2n) is 4.03. The molecule has 0 fully saturated rings. The monoisotopic (exact) mass is 275 g/mol. The molecule has 2 aromatic rings. The first-order chi connectivity index (χ1) is 9.04. The van der Waals surface area contributed by atoms with Gasteiger partial charge in [-0.1, -0.05) is 11.8 Å². The Balaban J connectivity index is 2.21. The van der Waals surface area contributed by atoms with Gasteiger partial charge in [-0.25, -0.2) is 0 Å². The van der Waals surface area contributed by atoms with Gasteiger partial charge in [0, 0.05) is 21.0 Å². The molecule has 2 aromatic carbocycles. The highest BCUT2D eigenvalue weighted by atomic mass is 32.2. The van der Waals surface area contributed by atoms with E-state index in [2.05, 4.69) is 0 Å². The lowest BCUT2D eigenvalue weighted by atomic mass is 10.1. The van der Waals surface area contributed by atoms with Gasteiger partial charge < -0.3 is 15.9 Å². The van der Waals surface area contributed by atoms with Crippen LogP contribution in [0.1, 0.15) is 5.56 Å². The summed E-state index contributed by atoms with van der Waals surface area (Å²) in [6.07, 6.45) is -0.192. The smallest absolute Gasteiger partial charge is 0.307 e. The molecule has 0 saturated carbocycles. The summed E-state index contributed by atoms with van der Waals surface area (Å²) in [5, 5.41) is 18.4. The van der Waals surface area contributed by atoms with Gasteiger partial charge in [0.05, 0.1) is 6.42 Å². The minimum atomic E-state index is -0.968. The average Bonchev–Trinajstić information content (AvgIpc) is 2.36. The number of nitrogen functional groups attached to an aromatic ring is 1. The normalized spacial score (nSPS) is 10.3. The lowest BCUT2D eigenvalue weighted by molar-refractivity contribution is -0.136. The van der Waals surface area contributed by atoms with E-state index in [-0.39, 0.29) is 12.2 Å². The number of hydrogen-bond acceptors (Lipinski definition) is 4. The largest absolute Gasteiger partial charge is 0.508 e. The fourth-order valence-corrected chi connectivity index (χ4v) is 2.48. The van der Waals surface area contributed by atoms with E-state index in [0.29, 0.717) is 11.3 Å². The Morgan fingerprint density at radius 3 is 2.37 bits per heavy atom.